The Morgan fingerprint density at radius 2 is 2.14 bits per heavy atom. The van der Waals surface area contributed by atoms with Crippen LogP contribution in [0.1, 0.15) is 28.2 Å². The van der Waals surface area contributed by atoms with Crippen LogP contribution < -0.4 is 5.73 Å². The maximum Gasteiger partial charge on any atom is 0.272 e. The number of hydrogen-bond donors (Lipinski definition) is 1. The van der Waals surface area contributed by atoms with Crippen molar-refractivity contribution in [1.82, 2.24) is 14.9 Å². The van der Waals surface area contributed by atoms with Crippen LogP contribution in [0.5, 0.6) is 0 Å². The third kappa shape index (κ3) is 4.36. The van der Waals surface area contributed by atoms with Gasteiger partial charge in [0.1, 0.15) is 5.69 Å². The second-order valence-electron chi connectivity index (χ2n) is 4.89. The highest BCUT2D eigenvalue weighted by molar-refractivity contribution is 5.92. The van der Waals surface area contributed by atoms with Crippen LogP contribution in [-0.4, -0.2) is 33.9 Å². The van der Waals surface area contributed by atoms with E-state index < -0.39 is 0 Å². The van der Waals surface area contributed by atoms with Crippen molar-refractivity contribution in [3.05, 3.63) is 59.7 Å². The van der Waals surface area contributed by atoms with Crippen LogP contribution >= 0.6 is 0 Å². The topological polar surface area (TPSA) is 72.1 Å². The predicted molar refractivity (Wildman–Crippen MR) is 81.6 cm³/mol. The molecule has 1 amide bonds. The van der Waals surface area contributed by atoms with Gasteiger partial charge in [-0.15, -0.1) is 0 Å². The lowest BCUT2D eigenvalue weighted by Crippen LogP contribution is -2.33. The largest absolute Gasteiger partial charge is 0.333 e. The Morgan fingerprint density at radius 1 is 1.29 bits per heavy atom. The number of aryl methyl sites for hydroxylation is 1. The van der Waals surface area contributed by atoms with E-state index in [4.69, 9.17) is 5.73 Å². The predicted octanol–water partition coefficient (Wildman–Crippen LogP) is 1.78. The number of nitrogens with zero attached hydrogens (tertiary/aromatic N) is 3. The van der Waals surface area contributed by atoms with Gasteiger partial charge in [-0.2, -0.15) is 0 Å². The first kappa shape index (κ1) is 15.1. The van der Waals surface area contributed by atoms with E-state index in [-0.39, 0.29) is 5.91 Å². The summed E-state index contributed by atoms with van der Waals surface area (Å²) < 4.78 is 0. The fourth-order valence-corrected chi connectivity index (χ4v) is 2.07. The normalized spacial score (nSPS) is 10.4. The summed E-state index contributed by atoms with van der Waals surface area (Å²) in [6.07, 6.45) is 4.25. The molecule has 2 rings (SSSR count). The SMILES string of the molecule is Cc1cccc(C(=O)N(CCCN)Cc2cccnc2)n1. The van der Waals surface area contributed by atoms with Crippen molar-refractivity contribution in [2.75, 3.05) is 13.1 Å². The summed E-state index contributed by atoms with van der Waals surface area (Å²) in [5.74, 6) is -0.0731. The van der Waals surface area contributed by atoms with E-state index >= 15 is 0 Å². The van der Waals surface area contributed by atoms with Crippen molar-refractivity contribution in [3.8, 4) is 0 Å². The number of amides is 1. The number of aromatic nitrogens is 2. The number of carbonyl (C=O) groups excluding carboxylic acids is 1. The second kappa shape index (κ2) is 7.50. The molecule has 0 unspecified atom stereocenters. The van der Waals surface area contributed by atoms with Crippen LogP contribution in [0, 0.1) is 6.92 Å². The quantitative estimate of drug-likeness (QED) is 0.877. The number of rotatable bonds is 6. The van der Waals surface area contributed by atoms with Crippen molar-refractivity contribution < 1.29 is 4.79 Å². The molecule has 0 aliphatic rings. The summed E-state index contributed by atoms with van der Waals surface area (Å²) in [6.45, 7) is 3.56. The molecule has 0 saturated heterocycles. The molecule has 0 aliphatic carbocycles. The lowest BCUT2D eigenvalue weighted by Gasteiger charge is -2.22. The summed E-state index contributed by atoms with van der Waals surface area (Å²) in [7, 11) is 0. The third-order valence-electron chi connectivity index (χ3n) is 3.12. The molecule has 0 aromatic carbocycles. The number of hydrogen-bond acceptors (Lipinski definition) is 4. The van der Waals surface area contributed by atoms with Gasteiger partial charge in [0, 0.05) is 31.2 Å². The van der Waals surface area contributed by atoms with E-state index in [9.17, 15) is 4.79 Å². The minimum absolute atomic E-state index is 0.0731. The van der Waals surface area contributed by atoms with Crippen LogP contribution in [0.25, 0.3) is 0 Å². The molecule has 0 aliphatic heterocycles. The maximum absolute atomic E-state index is 12.6. The first-order chi connectivity index (χ1) is 10.2. The van der Waals surface area contributed by atoms with Gasteiger partial charge in [0.15, 0.2) is 0 Å². The van der Waals surface area contributed by atoms with E-state index in [1.165, 1.54) is 0 Å². The molecule has 110 valence electrons. The van der Waals surface area contributed by atoms with E-state index in [2.05, 4.69) is 9.97 Å². The fourth-order valence-electron chi connectivity index (χ4n) is 2.07. The van der Waals surface area contributed by atoms with E-state index in [0.717, 1.165) is 17.7 Å². The van der Waals surface area contributed by atoms with E-state index in [1.54, 1.807) is 23.4 Å². The zero-order valence-corrected chi connectivity index (χ0v) is 12.2. The van der Waals surface area contributed by atoms with Crippen LogP contribution in [0.15, 0.2) is 42.7 Å². The Hall–Kier alpha value is -2.27. The van der Waals surface area contributed by atoms with Gasteiger partial charge in [-0.05, 0) is 43.7 Å². The van der Waals surface area contributed by atoms with Crippen LogP contribution in [0.4, 0.5) is 0 Å². The van der Waals surface area contributed by atoms with Gasteiger partial charge in [-0.25, -0.2) is 4.98 Å². The lowest BCUT2D eigenvalue weighted by atomic mass is 10.2. The average molecular weight is 284 g/mol. The van der Waals surface area contributed by atoms with E-state index in [0.29, 0.717) is 25.3 Å². The molecule has 2 N–H and O–H groups in total. The Bertz CT molecular complexity index is 586. The van der Waals surface area contributed by atoms with Gasteiger partial charge in [-0.3, -0.25) is 9.78 Å². The standard InChI is InChI=1S/C16H20N4O/c1-13-5-2-7-15(19-13)16(21)20(10-4-8-17)12-14-6-3-9-18-11-14/h2-3,5-7,9,11H,4,8,10,12,17H2,1H3. The Labute approximate surface area is 124 Å². The molecule has 0 radical (unpaired) electrons. The number of carbonyl (C=O) groups is 1. The zero-order valence-electron chi connectivity index (χ0n) is 12.2. The van der Waals surface area contributed by atoms with Crippen molar-refractivity contribution >= 4 is 5.91 Å². The van der Waals surface area contributed by atoms with Crippen LogP contribution in [0.3, 0.4) is 0 Å². The van der Waals surface area contributed by atoms with Crippen LogP contribution in [0.2, 0.25) is 0 Å². The first-order valence-electron chi connectivity index (χ1n) is 7.02. The van der Waals surface area contributed by atoms with Gasteiger partial charge in [0.25, 0.3) is 5.91 Å². The van der Waals surface area contributed by atoms with Gasteiger partial charge in [-0.1, -0.05) is 12.1 Å². The monoisotopic (exact) mass is 284 g/mol. The molecule has 5 heteroatoms. The summed E-state index contributed by atoms with van der Waals surface area (Å²) in [5, 5.41) is 0. The Morgan fingerprint density at radius 3 is 2.81 bits per heavy atom. The summed E-state index contributed by atoms with van der Waals surface area (Å²) in [4.78, 5) is 22.8. The summed E-state index contributed by atoms with van der Waals surface area (Å²) >= 11 is 0. The fraction of sp³-hybridized carbons (Fsp3) is 0.312. The summed E-state index contributed by atoms with van der Waals surface area (Å²) in [6, 6.07) is 9.29. The molecule has 0 spiro atoms. The Balaban J connectivity index is 2.17. The molecule has 2 heterocycles. The minimum atomic E-state index is -0.0731. The van der Waals surface area contributed by atoms with Gasteiger partial charge >= 0.3 is 0 Å². The number of pyridine rings is 2. The van der Waals surface area contributed by atoms with Crippen molar-refractivity contribution in [2.24, 2.45) is 5.73 Å². The lowest BCUT2D eigenvalue weighted by molar-refractivity contribution is 0.0736. The minimum Gasteiger partial charge on any atom is -0.333 e. The second-order valence-corrected chi connectivity index (χ2v) is 4.89. The van der Waals surface area contributed by atoms with Crippen molar-refractivity contribution in [1.29, 1.82) is 0 Å². The van der Waals surface area contributed by atoms with Crippen molar-refractivity contribution in [2.45, 2.75) is 19.9 Å². The van der Waals surface area contributed by atoms with Crippen molar-refractivity contribution in [3.63, 3.8) is 0 Å². The molecule has 0 atom stereocenters. The molecular formula is C16H20N4O. The average Bonchev–Trinajstić information content (AvgIpc) is 2.51. The summed E-state index contributed by atoms with van der Waals surface area (Å²) in [5.41, 5.74) is 7.87. The third-order valence-corrected chi connectivity index (χ3v) is 3.12. The molecule has 2 aromatic rings. The smallest absolute Gasteiger partial charge is 0.272 e. The van der Waals surface area contributed by atoms with E-state index in [1.807, 2.05) is 31.2 Å². The highest BCUT2D eigenvalue weighted by Crippen LogP contribution is 2.09. The highest BCUT2D eigenvalue weighted by atomic mass is 16.2. The molecule has 5 nitrogen and oxygen atoms in total. The molecule has 2 aromatic heterocycles. The molecule has 0 saturated carbocycles. The first-order valence-corrected chi connectivity index (χ1v) is 7.02. The molecule has 0 fully saturated rings. The number of nitrogens with two attached hydrogens (primary N) is 1. The van der Waals surface area contributed by atoms with Gasteiger partial charge < -0.3 is 10.6 Å². The van der Waals surface area contributed by atoms with Gasteiger partial charge in [0.05, 0.1) is 0 Å². The Kier molecular flexibility index (Phi) is 5.40. The van der Waals surface area contributed by atoms with Crippen LogP contribution in [-0.2, 0) is 6.54 Å². The molecule has 21 heavy (non-hydrogen) atoms. The zero-order chi connectivity index (χ0) is 15.1. The molecular weight excluding hydrogens is 264 g/mol. The highest BCUT2D eigenvalue weighted by Gasteiger charge is 2.17. The van der Waals surface area contributed by atoms with Gasteiger partial charge in [0.2, 0.25) is 0 Å². The maximum atomic E-state index is 12.6. The molecule has 0 bridgehead atoms.